The van der Waals surface area contributed by atoms with Crippen molar-refractivity contribution in [3.05, 3.63) is 24.0 Å². The molecule has 2 rings (SSSR count). The quantitative estimate of drug-likeness (QED) is 0.865. The van der Waals surface area contributed by atoms with E-state index in [-0.39, 0.29) is 5.91 Å². The highest BCUT2D eigenvalue weighted by atomic mass is 19.1. The first-order chi connectivity index (χ1) is 8.61. The monoisotopic (exact) mass is 253 g/mol. The van der Waals surface area contributed by atoms with Gasteiger partial charge in [-0.2, -0.15) is 0 Å². The van der Waals surface area contributed by atoms with Gasteiger partial charge >= 0.3 is 0 Å². The molecule has 2 N–H and O–H groups in total. The van der Waals surface area contributed by atoms with E-state index in [9.17, 15) is 14.3 Å². The summed E-state index contributed by atoms with van der Waals surface area (Å²) < 4.78 is 18.2. The summed E-state index contributed by atoms with van der Waals surface area (Å²) in [4.78, 5) is 12.0. The van der Waals surface area contributed by atoms with Crippen LogP contribution in [0.1, 0.15) is 19.3 Å². The number of ether oxygens (including phenoxy) is 1. The van der Waals surface area contributed by atoms with Crippen LogP contribution in [0.3, 0.4) is 0 Å². The minimum Gasteiger partial charge on any atom is -0.495 e. The first-order valence-electron chi connectivity index (χ1n) is 5.94. The molecule has 98 valence electrons. The molecule has 2 atom stereocenters. The van der Waals surface area contributed by atoms with Crippen LogP contribution in [0, 0.1) is 11.7 Å². The van der Waals surface area contributed by atoms with E-state index in [1.165, 1.54) is 25.3 Å². The van der Waals surface area contributed by atoms with Crippen molar-refractivity contribution in [2.45, 2.75) is 25.4 Å². The van der Waals surface area contributed by atoms with Gasteiger partial charge in [0, 0.05) is 6.07 Å². The average molecular weight is 253 g/mol. The number of carbonyl (C=O) groups excluding carboxylic acids is 1. The minimum absolute atomic E-state index is 0.288. The minimum atomic E-state index is -0.607. The van der Waals surface area contributed by atoms with Crippen LogP contribution >= 0.6 is 0 Å². The molecule has 0 heterocycles. The summed E-state index contributed by atoms with van der Waals surface area (Å²) in [5, 5.41) is 12.3. The Balaban J connectivity index is 2.13. The zero-order chi connectivity index (χ0) is 13.1. The lowest BCUT2D eigenvalue weighted by atomic mass is 10.1. The van der Waals surface area contributed by atoms with Crippen LogP contribution in [0.4, 0.5) is 10.1 Å². The van der Waals surface area contributed by atoms with E-state index in [0.717, 1.165) is 6.42 Å². The summed E-state index contributed by atoms with van der Waals surface area (Å²) in [5.41, 5.74) is 0.293. The summed E-state index contributed by atoms with van der Waals surface area (Å²) in [6, 6.07) is 3.92. The number of methoxy groups -OCH3 is 1. The fourth-order valence-corrected chi connectivity index (χ4v) is 2.25. The van der Waals surface area contributed by atoms with E-state index in [2.05, 4.69) is 5.32 Å². The van der Waals surface area contributed by atoms with E-state index in [1.807, 2.05) is 0 Å². The topological polar surface area (TPSA) is 58.6 Å². The standard InChI is InChI=1S/C13H16FNO3/c1-18-12-6-5-8(14)7-10(12)15-13(17)9-3-2-4-11(9)16/h5-7,9,11,16H,2-4H2,1H3,(H,15,17). The van der Waals surface area contributed by atoms with Gasteiger partial charge in [0.25, 0.3) is 0 Å². The van der Waals surface area contributed by atoms with Gasteiger partial charge in [-0.3, -0.25) is 4.79 Å². The number of benzene rings is 1. The fraction of sp³-hybridized carbons (Fsp3) is 0.462. The van der Waals surface area contributed by atoms with Crippen LogP contribution < -0.4 is 10.1 Å². The third kappa shape index (κ3) is 2.61. The van der Waals surface area contributed by atoms with Crippen LogP contribution in [0.2, 0.25) is 0 Å². The maximum absolute atomic E-state index is 13.1. The molecule has 1 aromatic carbocycles. The molecule has 2 unspecified atom stereocenters. The van der Waals surface area contributed by atoms with Gasteiger partial charge in [0.05, 0.1) is 24.8 Å². The maximum atomic E-state index is 13.1. The van der Waals surface area contributed by atoms with E-state index in [4.69, 9.17) is 4.74 Å². The van der Waals surface area contributed by atoms with Crippen LogP contribution in [0.5, 0.6) is 5.75 Å². The Morgan fingerprint density at radius 2 is 2.28 bits per heavy atom. The molecule has 0 bridgehead atoms. The van der Waals surface area contributed by atoms with E-state index >= 15 is 0 Å². The lowest BCUT2D eigenvalue weighted by Crippen LogP contribution is -2.28. The van der Waals surface area contributed by atoms with E-state index < -0.39 is 17.8 Å². The number of aliphatic hydroxyl groups is 1. The number of aliphatic hydroxyl groups excluding tert-OH is 1. The maximum Gasteiger partial charge on any atom is 0.230 e. The van der Waals surface area contributed by atoms with Gasteiger partial charge in [-0.15, -0.1) is 0 Å². The van der Waals surface area contributed by atoms with Crippen LogP contribution in [-0.2, 0) is 4.79 Å². The van der Waals surface area contributed by atoms with Crippen molar-refractivity contribution in [1.29, 1.82) is 0 Å². The van der Waals surface area contributed by atoms with Crippen molar-refractivity contribution >= 4 is 11.6 Å². The van der Waals surface area contributed by atoms with E-state index in [1.54, 1.807) is 0 Å². The third-order valence-corrected chi connectivity index (χ3v) is 3.24. The van der Waals surface area contributed by atoms with Gasteiger partial charge in [-0.1, -0.05) is 0 Å². The zero-order valence-corrected chi connectivity index (χ0v) is 10.1. The summed E-state index contributed by atoms with van der Waals surface area (Å²) >= 11 is 0. The molecule has 1 aliphatic carbocycles. The number of rotatable bonds is 3. The summed E-state index contributed by atoms with van der Waals surface area (Å²) in [6.07, 6.45) is 1.52. The predicted octanol–water partition coefficient (Wildman–Crippen LogP) is 1.93. The Bertz CT molecular complexity index is 450. The number of amides is 1. The predicted molar refractivity (Wildman–Crippen MR) is 64.9 cm³/mol. The van der Waals surface area contributed by atoms with Crippen molar-refractivity contribution < 1.29 is 19.0 Å². The fourth-order valence-electron chi connectivity index (χ4n) is 2.25. The molecule has 1 aromatic rings. The lowest BCUT2D eigenvalue weighted by molar-refractivity contribution is -0.122. The number of halogens is 1. The van der Waals surface area contributed by atoms with Gasteiger partial charge in [0.2, 0.25) is 5.91 Å². The molecule has 5 heteroatoms. The third-order valence-electron chi connectivity index (χ3n) is 3.24. The second-order valence-corrected chi connectivity index (χ2v) is 4.44. The first-order valence-corrected chi connectivity index (χ1v) is 5.94. The van der Waals surface area contributed by atoms with Crippen LogP contribution in [0.25, 0.3) is 0 Å². The second kappa shape index (κ2) is 5.35. The van der Waals surface area contributed by atoms with Gasteiger partial charge in [-0.25, -0.2) is 4.39 Å². The van der Waals surface area contributed by atoms with Crippen molar-refractivity contribution in [2.75, 3.05) is 12.4 Å². The van der Waals surface area contributed by atoms with Gasteiger partial charge in [0.15, 0.2) is 0 Å². The molecule has 0 saturated heterocycles. The van der Waals surface area contributed by atoms with Gasteiger partial charge in [-0.05, 0) is 31.4 Å². The van der Waals surface area contributed by atoms with E-state index in [0.29, 0.717) is 24.3 Å². The van der Waals surface area contributed by atoms with Gasteiger partial charge in [0.1, 0.15) is 11.6 Å². The van der Waals surface area contributed by atoms with Crippen molar-refractivity contribution in [3.63, 3.8) is 0 Å². The molecule has 0 radical (unpaired) electrons. The number of nitrogens with one attached hydrogen (secondary N) is 1. The summed E-state index contributed by atoms with van der Waals surface area (Å²) in [5.74, 6) is -0.753. The van der Waals surface area contributed by atoms with Crippen LogP contribution in [-0.4, -0.2) is 24.2 Å². The second-order valence-electron chi connectivity index (χ2n) is 4.44. The molecule has 1 amide bonds. The molecule has 0 spiro atoms. The molecule has 0 aliphatic heterocycles. The largest absolute Gasteiger partial charge is 0.495 e. The molecular weight excluding hydrogens is 237 g/mol. The molecule has 18 heavy (non-hydrogen) atoms. The Labute approximate surface area is 105 Å². The summed E-state index contributed by atoms with van der Waals surface area (Å²) in [7, 11) is 1.45. The number of hydrogen-bond acceptors (Lipinski definition) is 3. The molecule has 1 fully saturated rings. The molecular formula is C13H16FNO3. The Morgan fingerprint density at radius 1 is 1.50 bits per heavy atom. The van der Waals surface area contributed by atoms with Crippen molar-refractivity contribution in [1.82, 2.24) is 0 Å². The highest BCUT2D eigenvalue weighted by Gasteiger charge is 2.31. The van der Waals surface area contributed by atoms with Crippen molar-refractivity contribution in [3.8, 4) is 5.75 Å². The normalized spacial score (nSPS) is 22.8. The van der Waals surface area contributed by atoms with Gasteiger partial charge < -0.3 is 15.2 Å². The Hall–Kier alpha value is -1.62. The smallest absolute Gasteiger partial charge is 0.230 e. The van der Waals surface area contributed by atoms with Crippen molar-refractivity contribution in [2.24, 2.45) is 5.92 Å². The Morgan fingerprint density at radius 3 is 2.89 bits per heavy atom. The highest BCUT2D eigenvalue weighted by molar-refractivity contribution is 5.94. The number of hydrogen-bond donors (Lipinski definition) is 2. The highest BCUT2D eigenvalue weighted by Crippen LogP contribution is 2.29. The first kappa shape index (κ1) is 12.8. The zero-order valence-electron chi connectivity index (χ0n) is 10.1. The van der Waals surface area contributed by atoms with Crippen LogP contribution in [0.15, 0.2) is 18.2 Å². The number of carbonyl (C=O) groups is 1. The SMILES string of the molecule is COc1ccc(F)cc1NC(=O)C1CCCC1O. The molecule has 1 saturated carbocycles. The molecule has 0 aromatic heterocycles. The number of anilines is 1. The average Bonchev–Trinajstić information content (AvgIpc) is 2.76. The molecule has 1 aliphatic rings. The Kier molecular flexibility index (Phi) is 3.81. The lowest BCUT2D eigenvalue weighted by Gasteiger charge is -2.16. The molecule has 4 nitrogen and oxygen atoms in total. The summed E-state index contributed by atoms with van der Waals surface area (Å²) in [6.45, 7) is 0.